The first-order valence-corrected chi connectivity index (χ1v) is 9.87. The second kappa shape index (κ2) is 10.6. The number of ether oxygens (including phenoxy) is 1. The van der Waals surface area contributed by atoms with Crippen molar-refractivity contribution >= 4 is 11.9 Å². The highest BCUT2D eigenvalue weighted by atomic mass is 16.5. The van der Waals surface area contributed by atoms with Gasteiger partial charge in [0.2, 0.25) is 0 Å². The highest BCUT2D eigenvalue weighted by molar-refractivity contribution is 5.94. The Hall–Kier alpha value is -2.69. The van der Waals surface area contributed by atoms with Gasteiger partial charge in [0.15, 0.2) is 0 Å². The normalized spacial score (nSPS) is 13.0. The summed E-state index contributed by atoms with van der Waals surface area (Å²) in [6.07, 6.45) is 4.82. The zero-order valence-electron chi connectivity index (χ0n) is 17.1. The molecule has 0 saturated heterocycles. The van der Waals surface area contributed by atoms with E-state index in [0.29, 0.717) is 17.9 Å². The molecule has 150 valence electrons. The molecule has 0 fully saturated rings. The number of benzene rings is 1. The Morgan fingerprint density at radius 3 is 2.39 bits per heavy atom. The van der Waals surface area contributed by atoms with Crippen LogP contribution in [0.4, 0.5) is 0 Å². The Bertz CT molecular complexity index is 757. The summed E-state index contributed by atoms with van der Waals surface area (Å²) in [7, 11) is 0. The zero-order valence-corrected chi connectivity index (χ0v) is 17.1. The van der Waals surface area contributed by atoms with Crippen molar-refractivity contribution < 1.29 is 14.3 Å². The molecule has 2 rings (SSSR count). The third kappa shape index (κ3) is 6.48. The number of hydrogen-bond donors (Lipinski definition) is 1. The number of carbonyl (C=O) groups is 2. The van der Waals surface area contributed by atoms with E-state index in [1.54, 1.807) is 18.3 Å². The molecule has 0 saturated carbocycles. The van der Waals surface area contributed by atoms with Gasteiger partial charge in [-0.2, -0.15) is 0 Å². The maximum Gasteiger partial charge on any atom is 0.313 e. The van der Waals surface area contributed by atoms with Crippen LogP contribution in [0.2, 0.25) is 0 Å². The van der Waals surface area contributed by atoms with Crippen molar-refractivity contribution in [1.29, 1.82) is 0 Å². The lowest BCUT2D eigenvalue weighted by Crippen LogP contribution is -2.38. The number of rotatable bonds is 9. The second-order valence-corrected chi connectivity index (χ2v) is 7.51. The Balaban J connectivity index is 1.87. The van der Waals surface area contributed by atoms with Crippen molar-refractivity contribution in [2.24, 2.45) is 5.92 Å². The fourth-order valence-electron chi connectivity index (χ4n) is 2.88. The van der Waals surface area contributed by atoms with E-state index in [9.17, 15) is 9.59 Å². The SMILES string of the molecule is CCC(COC(=O)C(C)c1ccc(CC(C)C)cc1)NC(=O)c1cccnc1. The molecule has 0 spiro atoms. The topological polar surface area (TPSA) is 68.3 Å². The maximum atomic E-state index is 12.4. The van der Waals surface area contributed by atoms with Gasteiger partial charge < -0.3 is 10.1 Å². The first-order chi connectivity index (χ1) is 13.4. The summed E-state index contributed by atoms with van der Waals surface area (Å²) in [6.45, 7) is 8.31. The van der Waals surface area contributed by atoms with Crippen LogP contribution in [0.1, 0.15) is 61.5 Å². The largest absolute Gasteiger partial charge is 0.463 e. The number of esters is 1. The first kappa shape index (κ1) is 21.6. The van der Waals surface area contributed by atoms with Gasteiger partial charge in [-0.05, 0) is 48.9 Å². The van der Waals surface area contributed by atoms with Gasteiger partial charge in [-0.1, -0.05) is 45.0 Å². The van der Waals surface area contributed by atoms with E-state index in [1.807, 2.05) is 26.0 Å². The van der Waals surface area contributed by atoms with Crippen molar-refractivity contribution in [1.82, 2.24) is 10.3 Å². The summed E-state index contributed by atoms with van der Waals surface area (Å²) in [5.74, 6) is -0.254. The predicted molar refractivity (Wildman–Crippen MR) is 110 cm³/mol. The van der Waals surface area contributed by atoms with E-state index in [0.717, 1.165) is 12.0 Å². The van der Waals surface area contributed by atoms with E-state index in [-0.39, 0.29) is 30.4 Å². The maximum absolute atomic E-state index is 12.4. The second-order valence-electron chi connectivity index (χ2n) is 7.51. The van der Waals surface area contributed by atoms with Gasteiger partial charge in [-0.3, -0.25) is 14.6 Å². The van der Waals surface area contributed by atoms with Crippen LogP contribution in [0, 0.1) is 5.92 Å². The minimum absolute atomic E-state index is 0.150. The highest BCUT2D eigenvalue weighted by Gasteiger charge is 2.20. The molecule has 28 heavy (non-hydrogen) atoms. The fraction of sp³-hybridized carbons (Fsp3) is 0.435. The number of carbonyl (C=O) groups excluding carboxylic acids is 2. The molecule has 2 atom stereocenters. The summed E-state index contributed by atoms with van der Waals surface area (Å²) in [4.78, 5) is 28.6. The lowest BCUT2D eigenvalue weighted by Gasteiger charge is -2.19. The number of amides is 1. The van der Waals surface area contributed by atoms with E-state index in [2.05, 4.69) is 36.3 Å². The van der Waals surface area contributed by atoms with Crippen LogP contribution in [0.5, 0.6) is 0 Å². The predicted octanol–water partition coefficient (Wildman–Crippen LogP) is 4.14. The standard InChI is InChI=1S/C23H30N2O3/c1-5-21(25-22(26)20-7-6-12-24-14-20)15-28-23(27)17(4)19-10-8-18(9-11-19)13-16(2)3/h6-12,14,16-17,21H,5,13,15H2,1-4H3,(H,25,26). The summed E-state index contributed by atoms with van der Waals surface area (Å²) < 4.78 is 5.47. The molecule has 2 aromatic rings. The van der Waals surface area contributed by atoms with E-state index in [4.69, 9.17) is 4.74 Å². The average molecular weight is 383 g/mol. The van der Waals surface area contributed by atoms with Crippen LogP contribution < -0.4 is 5.32 Å². The average Bonchev–Trinajstić information content (AvgIpc) is 2.70. The Morgan fingerprint density at radius 1 is 1.11 bits per heavy atom. The van der Waals surface area contributed by atoms with Gasteiger partial charge in [0.05, 0.1) is 17.5 Å². The minimum Gasteiger partial charge on any atom is -0.463 e. The van der Waals surface area contributed by atoms with Crippen LogP contribution in [-0.2, 0) is 16.0 Å². The third-order valence-corrected chi connectivity index (χ3v) is 4.66. The molecule has 5 heteroatoms. The molecule has 5 nitrogen and oxygen atoms in total. The monoisotopic (exact) mass is 382 g/mol. The van der Waals surface area contributed by atoms with Gasteiger partial charge in [0.25, 0.3) is 5.91 Å². The summed E-state index contributed by atoms with van der Waals surface area (Å²) in [5, 5.41) is 2.89. The number of nitrogens with zero attached hydrogens (tertiary/aromatic N) is 1. The minimum atomic E-state index is -0.348. The zero-order chi connectivity index (χ0) is 20.5. The lowest BCUT2D eigenvalue weighted by molar-refractivity contribution is -0.145. The summed E-state index contributed by atoms with van der Waals surface area (Å²) in [6, 6.07) is 11.3. The molecule has 1 heterocycles. The van der Waals surface area contributed by atoms with E-state index >= 15 is 0 Å². The molecule has 0 aliphatic rings. The molecule has 0 bridgehead atoms. The smallest absolute Gasteiger partial charge is 0.313 e. The molecule has 0 aliphatic carbocycles. The van der Waals surface area contributed by atoms with Crippen molar-refractivity contribution in [2.45, 2.75) is 52.5 Å². The van der Waals surface area contributed by atoms with Crippen molar-refractivity contribution in [3.63, 3.8) is 0 Å². The van der Waals surface area contributed by atoms with Gasteiger partial charge >= 0.3 is 5.97 Å². The molecule has 1 aromatic carbocycles. The third-order valence-electron chi connectivity index (χ3n) is 4.66. The van der Waals surface area contributed by atoms with Gasteiger partial charge in [0.1, 0.15) is 6.61 Å². The molecule has 0 aliphatic heterocycles. The Morgan fingerprint density at radius 2 is 1.82 bits per heavy atom. The quantitative estimate of drug-likeness (QED) is 0.662. The van der Waals surface area contributed by atoms with E-state index < -0.39 is 0 Å². The summed E-state index contributed by atoms with van der Waals surface area (Å²) >= 11 is 0. The highest BCUT2D eigenvalue weighted by Crippen LogP contribution is 2.19. The molecule has 1 amide bonds. The Labute approximate surface area is 167 Å². The van der Waals surface area contributed by atoms with Crippen LogP contribution in [0.15, 0.2) is 48.8 Å². The van der Waals surface area contributed by atoms with Crippen molar-refractivity contribution in [3.05, 3.63) is 65.5 Å². The number of hydrogen-bond acceptors (Lipinski definition) is 4. The van der Waals surface area contributed by atoms with Crippen LogP contribution in [0.25, 0.3) is 0 Å². The van der Waals surface area contributed by atoms with Gasteiger partial charge in [0, 0.05) is 12.4 Å². The molecular formula is C23H30N2O3. The summed E-state index contributed by atoms with van der Waals surface area (Å²) in [5.41, 5.74) is 2.69. The van der Waals surface area contributed by atoms with Crippen molar-refractivity contribution in [2.75, 3.05) is 6.61 Å². The molecule has 0 radical (unpaired) electrons. The fourth-order valence-corrected chi connectivity index (χ4v) is 2.88. The van der Waals surface area contributed by atoms with Gasteiger partial charge in [-0.15, -0.1) is 0 Å². The van der Waals surface area contributed by atoms with Crippen LogP contribution in [-0.4, -0.2) is 29.5 Å². The molecule has 1 N–H and O–H groups in total. The lowest BCUT2D eigenvalue weighted by atomic mass is 9.97. The number of pyridine rings is 1. The van der Waals surface area contributed by atoms with Crippen LogP contribution in [0.3, 0.4) is 0 Å². The molecule has 1 aromatic heterocycles. The molecule has 2 unspecified atom stereocenters. The Kier molecular flexibility index (Phi) is 8.18. The molecular weight excluding hydrogens is 352 g/mol. The van der Waals surface area contributed by atoms with Crippen molar-refractivity contribution in [3.8, 4) is 0 Å². The van der Waals surface area contributed by atoms with Gasteiger partial charge in [-0.25, -0.2) is 0 Å². The number of nitrogens with one attached hydrogen (secondary N) is 1. The van der Waals surface area contributed by atoms with E-state index in [1.165, 1.54) is 11.8 Å². The van der Waals surface area contributed by atoms with Crippen LogP contribution >= 0.6 is 0 Å². The first-order valence-electron chi connectivity index (χ1n) is 9.87. The number of aromatic nitrogens is 1.